The van der Waals surface area contributed by atoms with E-state index in [1.807, 2.05) is 0 Å². The molecule has 0 aliphatic heterocycles. The van der Waals surface area contributed by atoms with Crippen LogP contribution in [0.1, 0.15) is 52.4 Å². The van der Waals surface area contributed by atoms with Gasteiger partial charge in [-0.1, -0.05) is 33.1 Å². The summed E-state index contributed by atoms with van der Waals surface area (Å²) in [6.07, 6.45) is 6.45. The zero-order chi connectivity index (χ0) is 12.7. The fraction of sp³-hybridized carbons (Fsp3) is 0.846. The van der Waals surface area contributed by atoms with Gasteiger partial charge in [0.15, 0.2) is 0 Å². The summed E-state index contributed by atoms with van der Waals surface area (Å²) in [5, 5.41) is 5.48. The molecule has 0 unspecified atom stereocenters. The molecule has 4 nitrogen and oxygen atoms in total. The van der Waals surface area contributed by atoms with Gasteiger partial charge in [-0.25, -0.2) is 0 Å². The van der Waals surface area contributed by atoms with Crippen LogP contribution >= 0.6 is 0 Å². The average molecular weight is 240 g/mol. The van der Waals surface area contributed by atoms with Crippen LogP contribution < -0.4 is 10.6 Å². The molecule has 0 radical (unpaired) electrons. The summed E-state index contributed by atoms with van der Waals surface area (Å²) in [6.45, 7) is 4.78. The Hall–Kier alpha value is -1.06. The van der Waals surface area contributed by atoms with E-state index in [0.29, 0.717) is 12.5 Å². The summed E-state index contributed by atoms with van der Waals surface area (Å²) in [6, 6.07) is 0.174. The summed E-state index contributed by atoms with van der Waals surface area (Å²) < 4.78 is 0. The van der Waals surface area contributed by atoms with Gasteiger partial charge in [-0.3, -0.25) is 9.59 Å². The smallest absolute Gasteiger partial charge is 0.309 e. The van der Waals surface area contributed by atoms with Crippen LogP contribution in [0.4, 0.5) is 0 Å². The fourth-order valence-corrected chi connectivity index (χ4v) is 2.22. The van der Waals surface area contributed by atoms with Gasteiger partial charge in [-0.15, -0.1) is 0 Å². The van der Waals surface area contributed by atoms with E-state index in [9.17, 15) is 9.59 Å². The third kappa shape index (κ3) is 4.75. The van der Waals surface area contributed by atoms with Gasteiger partial charge in [0.25, 0.3) is 0 Å². The molecule has 1 aliphatic carbocycles. The van der Waals surface area contributed by atoms with Crippen molar-refractivity contribution in [3.63, 3.8) is 0 Å². The van der Waals surface area contributed by atoms with Crippen molar-refractivity contribution in [1.29, 1.82) is 0 Å². The first-order valence-corrected chi connectivity index (χ1v) is 6.73. The molecular formula is C13H24N2O2. The Morgan fingerprint density at radius 2 is 1.88 bits per heavy atom. The minimum atomic E-state index is -0.490. The van der Waals surface area contributed by atoms with E-state index >= 15 is 0 Å². The highest BCUT2D eigenvalue weighted by molar-refractivity contribution is 6.35. The van der Waals surface area contributed by atoms with E-state index < -0.39 is 11.8 Å². The van der Waals surface area contributed by atoms with Crippen LogP contribution in [-0.2, 0) is 9.59 Å². The predicted octanol–water partition coefficient (Wildman–Crippen LogP) is 1.60. The number of hydrogen-bond acceptors (Lipinski definition) is 2. The summed E-state index contributed by atoms with van der Waals surface area (Å²) in [5.41, 5.74) is 0. The Kier molecular flexibility index (Phi) is 6.01. The molecule has 2 amide bonds. The molecule has 1 fully saturated rings. The minimum absolute atomic E-state index is 0.174. The van der Waals surface area contributed by atoms with Crippen molar-refractivity contribution in [2.75, 3.05) is 6.54 Å². The van der Waals surface area contributed by atoms with E-state index in [1.165, 1.54) is 6.42 Å². The van der Waals surface area contributed by atoms with Gasteiger partial charge in [0.1, 0.15) is 0 Å². The van der Waals surface area contributed by atoms with E-state index in [4.69, 9.17) is 0 Å². The molecule has 2 N–H and O–H groups in total. The Balaban J connectivity index is 2.29. The summed E-state index contributed by atoms with van der Waals surface area (Å²) >= 11 is 0. The van der Waals surface area contributed by atoms with Crippen molar-refractivity contribution in [2.45, 2.75) is 58.4 Å². The predicted molar refractivity (Wildman–Crippen MR) is 67.5 cm³/mol. The van der Waals surface area contributed by atoms with Gasteiger partial charge in [-0.2, -0.15) is 0 Å². The monoisotopic (exact) mass is 240 g/mol. The first kappa shape index (κ1) is 14.0. The minimum Gasteiger partial charge on any atom is -0.348 e. The second kappa shape index (κ2) is 7.30. The van der Waals surface area contributed by atoms with Crippen LogP contribution in [0.2, 0.25) is 0 Å². The number of amides is 2. The standard InChI is InChI=1S/C13H24N2O2/c1-3-4-9-14-12(16)13(17)15-11-8-6-5-7-10(11)2/h10-11H,3-9H2,1-2H3,(H,14,16)(H,15,17)/t10-,11-/m0/s1. The molecule has 98 valence electrons. The van der Waals surface area contributed by atoms with Crippen LogP contribution in [0.15, 0.2) is 0 Å². The summed E-state index contributed by atoms with van der Waals surface area (Å²) in [7, 11) is 0. The van der Waals surface area contributed by atoms with E-state index in [0.717, 1.165) is 32.1 Å². The Morgan fingerprint density at radius 3 is 2.53 bits per heavy atom. The normalized spacial score (nSPS) is 24.1. The Labute approximate surface area is 104 Å². The van der Waals surface area contributed by atoms with Crippen molar-refractivity contribution in [1.82, 2.24) is 10.6 Å². The largest absolute Gasteiger partial charge is 0.348 e. The highest BCUT2D eigenvalue weighted by Gasteiger charge is 2.25. The quantitative estimate of drug-likeness (QED) is 0.579. The van der Waals surface area contributed by atoms with E-state index in [-0.39, 0.29) is 6.04 Å². The third-order valence-electron chi connectivity index (χ3n) is 3.45. The van der Waals surface area contributed by atoms with Gasteiger partial charge in [0.05, 0.1) is 0 Å². The van der Waals surface area contributed by atoms with Gasteiger partial charge in [-0.05, 0) is 25.2 Å². The number of hydrogen-bond donors (Lipinski definition) is 2. The average Bonchev–Trinajstić information content (AvgIpc) is 2.32. The lowest BCUT2D eigenvalue weighted by atomic mass is 9.86. The molecule has 2 atom stereocenters. The molecule has 0 saturated heterocycles. The number of carbonyl (C=O) groups excluding carboxylic acids is 2. The topological polar surface area (TPSA) is 58.2 Å². The van der Waals surface area contributed by atoms with Gasteiger partial charge < -0.3 is 10.6 Å². The molecule has 0 spiro atoms. The Bertz CT molecular complexity index is 266. The third-order valence-corrected chi connectivity index (χ3v) is 3.45. The van der Waals surface area contributed by atoms with Crippen molar-refractivity contribution < 1.29 is 9.59 Å². The van der Waals surface area contributed by atoms with Crippen LogP contribution in [0.25, 0.3) is 0 Å². The molecular weight excluding hydrogens is 216 g/mol. The zero-order valence-electron chi connectivity index (χ0n) is 10.9. The van der Waals surface area contributed by atoms with Gasteiger partial charge in [0, 0.05) is 12.6 Å². The molecule has 1 saturated carbocycles. The first-order chi connectivity index (χ1) is 8.15. The van der Waals surface area contributed by atoms with Crippen molar-refractivity contribution in [3.05, 3.63) is 0 Å². The molecule has 17 heavy (non-hydrogen) atoms. The number of rotatable bonds is 4. The second-order valence-electron chi connectivity index (χ2n) is 4.95. The van der Waals surface area contributed by atoms with E-state index in [2.05, 4.69) is 24.5 Å². The lowest BCUT2D eigenvalue weighted by Gasteiger charge is -2.29. The first-order valence-electron chi connectivity index (χ1n) is 6.73. The van der Waals surface area contributed by atoms with Gasteiger partial charge >= 0.3 is 11.8 Å². The maximum Gasteiger partial charge on any atom is 0.309 e. The van der Waals surface area contributed by atoms with E-state index in [1.54, 1.807) is 0 Å². The zero-order valence-corrected chi connectivity index (χ0v) is 10.9. The molecule has 0 heterocycles. The molecule has 0 bridgehead atoms. The number of unbranched alkanes of at least 4 members (excludes halogenated alkanes) is 1. The maximum absolute atomic E-state index is 11.6. The fourth-order valence-electron chi connectivity index (χ4n) is 2.22. The molecule has 4 heteroatoms. The maximum atomic E-state index is 11.6. The highest BCUT2D eigenvalue weighted by Crippen LogP contribution is 2.23. The molecule has 0 aromatic heterocycles. The number of carbonyl (C=O) groups is 2. The van der Waals surface area contributed by atoms with Crippen LogP contribution in [-0.4, -0.2) is 24.4 Å². The van der Waals surface area contributed by atoms with Crippen LogP contribution in [0.3, 0.4) is 0 Å². The molecule has 1 aliphatic rings. The lowest BCUT2D eigenvalue weighted by molar-refractivity contribution is -0.140. The molecule has 1 rings (SSSR count). The van der Waals surface area contributed by atoms with Crippen LogP contribution in [0, 0.1) is 5.92 Å². The SMILES string of the molecule is CCCCNC(=O)C(=O)N[C@H]1CCCC[C@@H]1C. The Morgan fingerprint density at radius 1 is 1.18 bits per heavy atom. The molecule has 0 aromatic carbocycles. The van der Waals surface area contributed by atoms with Crippen molar-refractivity contribution >= 4 is 11.8 Å². The lowest BCUT2D eigenvalue weighted by Crippen LogP contribution is -2.47. The second-order valence-corrected chi connectivity index (χ2v) is 4.95. The van der Waals surface area contributed by atoms with Crippen LogP contribution in [0.5, 0.6) is 0 Å². The summed E-state index contributed by atoms with van der Waals surface area (Å²) in [5.74, 6) is -0.479. The van der Waals surface area contributed by atoms with Gasteiger partial charge in [0.2, 0.25) is 0 Å². The summed E-state index contributed by atoms with van der Waals surface area (Å²) in [4.78, 5) is 23.1. The van der Waals surface area contributed by atoms with Crippen molar-refractivity contribution in [3.8, 4) is 0 Å². The van der Waals surface area contributed by atoms with Crippen molar-refractivity contribution in [2.24, 2.45) is 5.92 Å². The highest BCUT2D eigenvalue weighted by atomic mass is 16.2. The molecule has 0 aromatic rings. The number of nitrogens with one attached hydrogen (secondary N) is 2.